The summed E-state index contributed by atoms with van der Waals surface area (Å²) in [5.74, 6) is -0.388. The highest BCUT2D eigenvalue weighted by atomic mass is 35.5. The molecule has 0 spiro atoms. The van der Waals surface area contributed by atoms with Gasteiger partial charge in [-0.1, -0.05) is 60.7 Å². The molecule has 1 amide bonds. The molecule has 0 unspecified atom stereocenters. The molecule has 138 valence electrons. The molecule has 1 heterocycles. The molecule has 4 rings (SSSR count). The quantitative estimate of drug-likeness (QED) is 0.729. The van der Waals surface area contributed by atoms with Crippen LogP contribution >= 0.6 is 12.4 Å². The molecule has 0 aliphatic carbocycles. The summed E-state index contributed by atoms with van der Waals surface area (Å²) in [5.41, 5.74) is 12.3. The van der Waals surface area contributed by atoms with Crippen molar-refractivity contribution < 1.29 is 4.79 Å². The first-order valence-corrected chi connectivity index (χ1v) is 8.97. The van der Waals surface area contributed by atoms with E-state index in [1.807, 2.05) is 18.2 Å². The fraction of sp³-hybridized carbons (Fsp3) is 0.174. The highest BCUT2D eigenvalue weighted by Crippen LogP contribution is 2.27. The molecule has 0 bridgehead atoms. The van der Waals surface area contributed by atoms with Crippen LogP contribution in [0.1, 0.15) is 27.0 Å². The first-order valence-electron chi connectivity index (χ1n) is 8.97. The van der Waals surface area contributed by atoms with E-state index in [0.29, 0.717) is 5.56 Å². The molecule has 0 radical (unpaired) electrons. The Morgan fingerprint density at radius 2 is 1.67 bits per heavy atom. The largest absolute Gasteiger partial charge is 0.366 e. The molecule has 0 fully saturated rings. The van der Waals surface area contributed by atoms with Crippen molar-refractivity contribution in [2.75, 3.05) is 6.54 Å². The number of carbonyl (C=O) groups is 1. The van der Waals surface area contributed by atoms with Crippen LogP contribution in [0.2, 0.25) is 0 Å². The van der Waals surface area contributed by atoms with Crippen molar-refractivity contribution in [2.24, 2.45) is 5.73 Å². The zero-order valence-electron chi connectivity index (χ0n) is 15.1. The van der Waals surface area contributed by atoms with Gasteiger partial charge >= 0.3 is 0 Å². The molecule has 4 heteroatoms. The lowest BCUT2D eigenvalue weighted by atomic mass is 9.94. The number of halogens is 1. The van der Waals surface area contributed by atoms with Crippen LogP contribution in [-0.2, 0) is 19.5 Å². The van der Waals surface area contributed by atoms with Gasteiger partial charge < -0.3 is 5.73 Å². The number of amides is 1. The number of fused-ring (bicyclic) bond motifs is 1. The summed E-state index contributed by atoms with van der Waals surface area (Å²) >= 11 is 0. The maximum Gasteiger partial charge on any atom is 0.248 e. The van der Waals surface area contributed by atoms with E-state index in [1.165, 1.54) is 16.7 Å². The summed E-state index contributed by atoms with van der Waals surface area (Å²) < 4.78 is 0. The van der Waals surface area contributed by atoms with Gasteiger partial charge in [-0.3, -0.25) is 9.69 Å². The fourth-order valence-corrected chi connectivity index (χ4v) is 3.62. The van der Waals surface area contributed by atoms with E-state index in [9.17, 15) is 4.79 Å². The van der Waals surface area contributed by atoms with Crippen LogP contribution < -0.4 is 5.73 Å². The number of hydrogen-bond donors (Lipinski definition) is 1. The number of nitrogens with two attached hydrogens (primary N) is 1. The van der Waals surface area contributed by atoms with E-state index in [1.54, 1.807) is 6.07 Å². The van der Waals surface area contributed by atoms with Gasteiger partial charge in [-0.05, 0) is 46.4 Å². The molecule has 27 heavy (non-hydrogen) atoms. The molecule has 0 saturated carbocycles. The predicted molar refractivity (Wildman–Crippen MR) is 112 cm³/mol. The van der Waals surface area contributed by atoms with Gasteiger partial charge in [0.25, 0.3) is 0 Å². The van der Waals surface area contributed by atoms with Crippen LogP contribution in [0.25, 0.3) is 11.1 Å². The first-order chi connectivity index (χ1) is 12.7. The summed E-state index contributed by atoms with van der Waals surface area (Å²) in [6, 6.07) is 24.8. The van der Waals surface area contributed by atoms with Crippen molar-refractivity contribution in [2.45, 2.75) is 19.5 Å². The molecule has 2 N–H and O–H groups in total. The van der Waals surface area contributed by atoms with Gasteiger partial charge in [0.15, 0.2) is 0 Å². The lowest BCUT2D eigenvalue weighted by Gasteiger charge is -2.29. The number of carbonyl (C=O) groups excluding carboxylic acids is 1. The Morgan fingerprint density at radius 1 is 0.889 bits per heavy atom. The minimum Gasteiger partial charge on any atom is -0.366 e. The van der Waals surface area contributed by atoms with Crippen molar-refractivity contribution >= 4 is 18.3 Å². The molecule has 3 aromatic carbocycles. The van der Waals surface area contributed by atoms with Crippen molar-refractivity contribution in [1.29, 1.82) is 0 Å². The summed E-state index contributed by atoms with van der Waals surface area (Å²) in [5, 5.41) is 0. The minimum atomic E-state index is -0.388. The third kappa shape index (κ3) is 4.38. The van der Waals surface area contributed by atoms with Crippen LogP contribution in [0.5, 0.6) is 0 Å². The average molecular weight is 379 g/mol. The smallest absolute Gasteiger partial charge is 0.248 e. The van der Waals surface area contributed by atoms with E-state index < -0.39 is 0 Å². The summed E-state index contributed by atoms with van der Waals surface area (Å²) in [4.78, 5) is 13.9. The SMILES string of the molecule is Cl.NC(=O)c1cccc(-c2ccc3c(c2)CCN(Cc2ccccc2)C3)c1. The molecule has 0 saturated heterocycles. The third-order valence-corrected chi connectivity index (χ3v) is 5.03. The third-order valence-electron chi connectivity index (χ3n) is 5.03. The normalized spacial score (nSPS) is 13.5. The van der Waals surface area contributed by atoms with Crippen LogP contribution in [0.3, 0.4) is 0 Å². The molecule has 0 aromatic heterocycles. The lowest BCUT2D eigenvalue weighted by Crippen LogP contribution is -2.30. The van der Waals surface area contributed by atoms with Crippen molar-refractivity contribution in [3.05, 3.63) is 95.1 Å². The van der Waals surface area contributed by atoms with Crippen LogP contribution in [-0.4, -0.2) is 17.4 Å². The first kappa shape index (κ1) is 19.2. The van der Waals surface area contributed by atoms with Crippen molar-refractivity contribution in [3.63, 3.8) is 0 Å². The van der Waals surface area contributed by atoms with E-state index in [4.69, 9.17) is 5.73 Å². The van der Waals surface area contributed by atoms with Gasteiger partial charge in [0.1, 0.15) is 0 Å². The Balaban J connectivity index is 0.00000210. The Morgan fingerprint density at radius 3 is 2.44 bits per heavy atom. The Kier molecular flexibility index (Phi) is 5.94. The molecule has 3 nitrogen and oxygen atoms in total. The van der Waals surface area contributed by atoms with Crippen LogP contribution in [0.15, 0.2) is 72.8 Å². The second-order valence-electron chi connectivity index (χ2n) is 6.87. The highest BCUT2D eigenvalue weighted by Gasteiger charge is 2.17. The van der Waals surface area contributed by atoms with Gasteiger partial charge in [-0.25, -0.2) is 0 Å². The lowest BCUT2D eigenvalue weighted by molar-refractivity contribution is 0.100. The highest BCUT2D eigenvalue weighted by molar-refractivity contribution is 5.94. The van der Waals surface area contributed by atoms with Gasteiger partial charge in [-0.15, -0.1) is 12.4 Å². The van der Waals surface area contributed by atoms with E-state index >= 15 is 0 Å². The van der Waals surface area contributed by atoms with E-state index in [-0.39, 0.29) is 18.3 Å². The maximum absolute atomic E-state index is 11.4. The summed E-state index contributed by atoms with van der Waals surface area (Å²) in [6.45, 7) is 3.03. The van der Waals surface area contributed by atoms with Crippen molar-refractivity contribution in [3.8, 4) is 11.1 Å². The zero-order chi connectivity index (χ0) is 17.9. The van der Waals surface area contributed by atoms with E-state index in [0.717, 1.165) is 37.2 Å². The fourth-order valence-electron chi connectivity index (χ4n) is 3.62. The Bertz CT molecular complexity index is 940. The summed E-state index contributed by atoms with van der Waals surface area (Å²) in [7, 11) is 0. The molecular weight excluding hydrogens is 356 g/mol. The monoisotopic (exact) mass is 378 g/mol. The average Bonchev–Trinajstić information content (AvgIpc) is 2.68. The predicted octanol–water partition coefficient (Wildman–Crippen LogP) is 4.43. The number of benzene rings is 3. The number of nitrogens with zero attached hydrogens (tertiary/aromatic N) is 1. The van der Waals surface area contributed by atoms with E-state index in [2.05, 4.69) is 53.4 Å². The maximum atomic E-state index is 11.4. The van der Waals surface area contributed by atoms with Crippen LogP contribution in [0, 0.1) is 0 Å². The molecule has 0 atom stereocenters. The van der Waals surface area contributed by atoms with Gasteiger partial charge in [0.2, 0.25) is 5.91 Å². The minimum absolute atomic E-state index is 0. The molecule has 1 aliphatic heterocycles. The number of primary amides is 1. The Labute approximate surface area is 166 Å². The standard InChI is InChI=1S/C23H22N2O.ClH/c24-23(26)21-8-4-7-18(14-21)19-9-10-22-16-25(12-11-20(22)13-19)15-17-5-2-1-3-6-17;/h1-10,13-14H,11-12,15-16H2,(H2,24,26);1H. The molecule has 1 aliphatic rings. The topological polar surface area (TPSA) is 46.3 Å². The van der Waals surface area contributed by atoms with Crippen LogP contribution in [0.4, 0.5) is 0 Å². The number of rotatable bonds is 4. The second-order valence-corrected chi connectivity index (χ2v) is 6.87. The zero-order valence-corrected chi connectivity index (χ0v) is 15.9. The molecular formula is C23H23ClN2O. The Hall–Kier alpha value is -2.62. The molecule has 3 aromatic rings. The second kappa shape index (κ2) is 8.38. The van der Waals surface area contributed by atoms with Gasteiger partial charge in [0.05, 0.1) is 0 Å². The van der Waals surface area contributed by atoms with Gasteiger partial charge in [-0.2, -0.15) is 0 Å². The number of hydrogen-bond acceptors (Lipinski definition) is 2. The van der Waals surface area contributed by atoms with Crippen molar-refractivity contribution in [1.82, 2.24) is 4.90 Å². The van der Waals surface area contributed by atoms with Gasteiger partial charge in [0, 0.05) is 25.2 Å². The summed E-state index contributed by atoms with van der Waals surface area (Å²) in [6.07, 6.45) is 1.05.